The van der Waals surface area contributed by atoms with E-state index in [9.17, 15) is 0 Å². The summed E-state index contributed by atoms with van der Waals surface area (Å²) in [5, 5.41) is 12.4. The van der Waals surface area contributed by atoms with Crippen molar-refractivity contribution in [1.29, 1.82) is 0 Å². The van der Waals surface area contributed by atoms with E-state index in [1.807, 2.05) is 0 Å². The van der Waals surface area contributed by atoms with Crippen molar-refractivity contribution in [3.05, 3.63) is 47.0 Å². The lowest BCUT2D eigenvalue weighted by atomic mass is 10.1. The number of fused-ring (bicyclic) bond motifs is 1. The van der Waals surface area contributed by atoms with Crippen LogP contribution in [0, 0.1) is 6.92 Å². The van der Waals surface area contributed by atoms with Crippen LogP contribution in [-0.2, 0) is 19.5 Å². The van der Waals surface area contributed by atoms with E-state index in [2.05, 4.69) is 58.2 Å². The molecule has 1 aromatic carbocycles. The number of halogens is 1. The fraction of sp³-hybridized carbons (Fsp3) is 0.529. The van der Waals surface area contributed by atoms with Gasteiger partial charge in [-0.1, -0.05) is 30.7 Å². The molecule has 0 saturated carbocycles. The van der Waals surface area contributed by atoms with Gasteiger partial charge in [0.25, 0.3) is 0 Å². The molecule has 0 saturated heterocycles. The van der Waals surface area contributed by atoms with E-state index in [1.54, 1.807) is 0 Å². The largest absolute Gasteiger partial charge is 0.314 e. The van der Waals surface area contributed by atoms with Crippen molar-refractivity contribution in [3.8, 4) is 0 Å². The van der Waals surface area contributed by atoms with Crippen LogP contribution in [0.5, 0.6) is 0 Å². The quantitative estimate of drug-likeness (QED) is 0.936. The van der Waals surface area contributed by atoms with Gasteiger partial charge < -0.3 is 9.88 Å². The molecule has 0 amide bonds. The van der Waals surface area contributed by atoms with Crippen LogP contribution >= 0.6 is 12.4 Å². The Morgan fingerprint density at radius 1 is 1.18 bits per heavy atom. The molecule has 4 nitrogen and oxygen atoms in total. The lowest BCUT2D eigenvalue weighted by molar-refractivity contribution is 0.501. The summed E-state index contributed by atoms with van der Waals surface area (Å²) >= 11 is 0. The Morgan fingerprint density at radius 2 is 2.00 bits per heavy atom. The lowest BCUT2D eigenvalue weighted by Gasteiger charge is -2.16. The van der Waals surface area contributed by atoms with Crippen molar-refractivity contribution in [1.82, 2.24) is 20.1 Å². The van der Waals surface area contributed by atoms with E-state index in [-0.39, 0.29) is 18.4 Å². The van der Waals surface area contributed by atoms with Gasteiger partial charge in [0.1, 0.15) is 11.6 Å². The zero-order chi connectivity index (χ0) is 14.7. The third-order valence-electron chi connectivity index (χ3n) is 4.39. The Labute approximate surface area is 138 Å². The number of rotatable bonds is 4. The minimum absolute atomic E-state index is 0. The Hall–Kier alpha value is -1.39. The summed E-state index contributed by atoms with van der Waals surface area (Å²) in [4.78, 5) is 0. The highest BCUT2D eigenvalue weighted by atomic mass is 35.5. The number of hydrogen-bond acceptors (Lipinski definition) is 3. The van der Waals surface area contributed by atoms with E-state index in [0.29, 0.717) is 0 Å². The normalized spacial score (nSPS) is 15.5. The van der Waals surface area contributed by atoms with Gasteiger partial charge in [0.2, 0.25) is 0 Å². The number of nitrogens with zero attached hydrogens (tertiary/aromatic N) is 3. The maximum atomic E-state index is 4.42. The zero-order valence-corrected chi connectivity index (χ0v) is 14.2. The summed E-state index contributed by atoms with van der Waals surface area (Å²) < 4.78 is 2.32. The van der Waals surface area contributed by atoms with Crippen LogP contribution in [0.2, 0.25) is 0 Å². The molecular weight excluding hydrogens is 296 g/mol. The second-order valence-electron chi connectivity index (χ2n) is 5.97. The molecule has 0 spiro atoms. The summed E-state index contributed by atoms with van der Waals surface area (Å²) in [6.45, 7) is 6.27. The van der Waals surface area contributed by atoms with E-state index in [1.165, 1.54) is 30.4 Å². The Kier molecular flexibility index (Phi) is 5.98. The molecular formula is C17H25ClN4. The molecule has 1 aliphatic rings. The maximum absolute atomic E-state index is 4.42. The van der Waals surface area contributed by atoms with Gasteiger partial charge in [0.05, 0.1) is 6.04 Å². The summed E-state index contributed by atoms with van der Waals surface area (Å²) in [6, 6.07) is 8.74. The predicted octanol–water partition coefficient (Wildman–Crippen LogP) is 3.59. The van der Waals surface area contributed by atoms with Crippen LogP contribution in [-0.4, -0.2) is 14.8 Å². The van der Waals surface area contributed by atoms with Gasteiger partial charge in [0.15, 0.2) is 0 Å². The number of aryl methyl sites for hydroxylation is 2. The van der Waals surface area contributed by atoms with Gasteiger partial charge in [-0.05, 0) is 37.8 Å². The SMILES string of the molecule is Cc1ccccc1CNC(C)c1nnc2n1CCCCC2.Cl. The van der Waals surface area contributed by atoms with Crippen molar-refractivity contribution < 1.29 is 0 Å². The molecule has 1 N–H and O–H groups in total. The monoisotopic (exact) mass is 320 g/mol. The molecule has 1 unspecified atom stereocenters. The fourth-order valence-corrected chi connectivity index (χ4v) is 2.99. The third-order valence-corrected chi connectivity index (χ3v) is 4.39. The number of hydrogen-bond donors (Lipinski definition) is 1. The number of aromatic nitrogens is 3. The van der Waals surface area contributed by atoms with Crippen molar-refractivity contribution in [2.45, 2.75) is 58.7 Å². The Bertz CT molecular complexity index is 608. The molecule has 2 aromatic rings. The van der Waals surface area contributed by atoms with E-state index < -0.39 is 0 Å². The van der Waals surface area contributed by atoms with Gasteiger partial charge in [-0.15, -0.1) is 22.6 Å². The summed E-state index contributed by atoms with van der Waals surface area (Å²) in [6.07, 6.45) is 4.84. The minimum Gasteiger partial charge on any atom is -0.314 e. The van der Waals surface area contributed by atoms with Crippen molar-refractivity contribution in [2.24, 2.45) is 0 Å². The second-order valence-corrected chi connectivity index (χ2v) is 5.97. The smallest absolute Gasteiger partial charge is 0.149 e. The zero-order valence-electron chi connectivity index (χ0n) is 13.4. The van der Waals surface area contributed by atoms with E-state index >= 15 is 0 Å². The van der Waals surface area contributed by atoms with Crippen LogP contribution < -0.4 is 5.32 Å². The summed E-state index contributed by atoms with van der Waals surface area (Å²) in [7, 11) is 0. The molecule has 0 fully saturated rings. The van der Waals surface area contributed by atoms with E-state index in [4.69, 9.17) is 0 Å². The van der Waals surface area contributed by atoms with Crippen LogP contribution in [0.1, 0.15) is 55.0 Å². The first-order valence-electron chi connectivity index (χ1n) is 7.95. The minimum atomic E-state index is 0. The maximum Gasteiger partial charge on any atom is 0.149 e. The van der Waals surface area contributed by atoms with Crippen LogP contribution in [0.15, 0.2) is 24.3 Å². The second kappa shape index (κ2) is 7.75. The number of nitrogens with one attached hydrogen (secondary N) is 1. The van der Waals surface area contributed by atoms with Crippen LogP contribution in [0.25, 0.3) is 0 Å². The fourth-order valence-electron chi connectivity index (χ4n) is 2.99. The number of benzene rings is 1. The highest BCUT2D eigenvalue weighted by Gasteiger charge is 2.18. The first kappa shape index (κ1) is 17.0. The average molecular weight is 321 g/mol. The molecule has 3 rings (SSSR count). The molecule has 22 heavy (non-hydrogen) atoms. The van der Waals surface area contributed by atoms with Crippen LogP contribution in [0.3, 0.4) is 0 Å². The highest BCUT2D eigenvalue weighted by Crippen LogP contribution is 2.19. The molecule has 5 heteroatoms. The molecule has 120 valence electrons. The molecule has 0 aliphatic carbocycles. The Morgan fingerprint density at radius 3 is 2.82 bits per heavy atom. The molecule has 0 bridgehead atoms. The van der Waals surface area contributed by atoms with Crippen LogP contribution in [0.4, 0.5) is 0 Å². The van der Waals surface area contributed by atoms with Gasteiger partial charge in [0, 0.05) is 19.5 Å². The third kappa shape index (κ3) is 3.68. The summed E-state index contributed by atoms with van der Waals surface area (Å²) in [5.41, 5.74) is 2.68. The van der Waals surface area contributed by atoms with E-state index in [0.717, 1.165) is 31.2 Å². The van der Waals surface area contributed by atoms with Crippen molar-refractivity contribution in [2.75, 3.05) is 0 Å². The molecule has 1 atom stereocenters. The molecule has 1 aromatic heterocycles. The first-order chi connectivity index (χ1) is 10.3. The van der Waals surface area contributed by atoms with Crippen molar-refractivity contribution >= 4 is 12.4 Å². The first-order valence-corrected chi connectivity index (χ1v) is 7.95. The average Bonchev–Trinajstić information content (AvgIpc) is 2.75. The Balaban J connectivity index is 0.00000176. The summed E-state index contributed by atoms with van der Waals surface area (Å²) in [5.74, 6) is 2.24. The standard InChI is InChI=1S/C17H24N4.ClH/c1-13-8-5-6-9-15(13)12-18-14(2)17-20-19-16-10-4-3-7-11-21(16)17;/h5-6,8-9,14,18H,3-4,7,10-12H2,1-2H3;1H. The van der Waals surface area contributed by atoms with Gasteiger partial charge in [-0.25, -0.2) is 0 Å². The molecule has 1 aliphatic heterocycles. The highest BCUT2D eigenvalue weighted by molar-refractivity contribution is 5.85. The predicted molar refractivity (Wildman–Crippen MR) is 91.3 cm³/mol. The van der Waals surface area contributed by atoms with Gasteiger partial charge in [-0.2, -0.15) is 0 Å². The molecule has 2 heterocycles. The van der Waals surface area contributed by atoms with Gasteiger partial charge in [-0.3, -0.25) is 0 Å². The van der Waals surface area contributed by atoms with Gasteiger partial charge >= 0.3 is 0 Å². The molecule has 0 radical (unpaired) electrons. The lowest BCUT2D eigenvalue weighted by Crippen LogP contribution is -2.22. The van der Waals surface area contributed by atoms with Crippen molar-refractivity contribution in [3.63, 3.8) is 0 Å². The topological polar surface area (TPSA) is 42.7 Å².